The van der Waals surface area contributed by atoms with Gasteiger partial charge in [0.15, 0.2) is 0 Å². The lowest BCUT2D eigenvalue weighted by atomic mass is 9.98. The Morgan fingerprint density at radius 1 is 0.875 bits per heavy atom. The molecule has 1 aliphatic heterocycles. The molecule has 0 saturated carbocycles. The molecule has 0 aliphatic carbocycles. The van der Waals surface area contributed by atoms with Gasteiger partial charge in [0.1, 0.15) is 0 Å². The number of rotatable bonds is 5. The van der Waals surface area contributed by atoms with Gasteiger partial charge in [-0.3, -0.25) is 9.59 Å². The molecule has 2 amide bonds. The van der Waals surface area contributed by atoms with E-state index in [2.05, 4.69) is 39.8 Å². The monoisotopic (exact) mass is 330 g/mol. The molecule has 1 fully saturated rings. The molecule has 0 radical (unpaired) electrons. The number of benzene rings is 1. The first-order valence-electron chi connectivity index (χ1n) is 9.04. The van der Waals surface area contributed by atoms with Crippen molar-refractivity contribution < 1.29 is 9.59 Å². The summed E-state index contributed by atoms with van der Waals surface area (Å²) in [7, 11) is 0. The van der Waals surface area contributed by atoms with Crippen LogP contribution in [0.4, 0.5) is 0 Å². The molecule has 1 aliphatic rings. The fraction of sp³-hybridized carbons (Fsp3) is 0.600. The first kappa shape index (κ1) is 18.5. The summed E-state index contributed by atoms with van der Waals surface area (Å²) in [5.74, 6) is 0.399. The predicted octanol–water partition coefficient (Wildman–Crippen LogP) is 3.02. The van der Waals surface area contributed by atoms with Crippen molar-refractivity contribution in [2.75, 3.05) is 26.2 Å². The number of nitrogens with zero attached hydrogens (tertiary/aromatic N) is 2. The summed E-state index contributed by atoms with van der Waals surface area (Å²) in [6.07, 6.45) is 3.08. The molecule has 1 aromatic carbocycles. The molecular weight excluding hydrogens is 300 g/mol. The Bertz CT molecular complexity index is 602. The summed E-state index contributed by atoms with van der Waals surface area (Å²) in [6.45, 7) is 11.0. The zero-order valence-electron chi connectivity index (χ0n) is 15.5. The van der Waals surface area contributed by atoms with Gasteiger partial charge in [-0.15, -0.1) is 0 Å². The van der Waals surface area contributed by atoms with Crippen LogP contribution in [0.3, 0.4) is 0 Å². The van der Waals surface area contributed by atoms with Gasteiger partial charge in [-0.05, 0) is 49.4 Å². The van der Waals surface area contributed by atoms with E-state index < -0.39 is 0 Å². The molecule has 0 aromatic heterocycles. The van der Waals surface area contributed by atoms with Gasteiger partial charge in [0.05, 0.1) is 6.42 Å². The van der Waals surface area contributed by atoms with Crippen molar-refractivity contribution in [1.82, 2.24) is 9.80 Å². The third-order valence-electron chi connectivity index (χ3n) is 5.02. The van der Waals surface area contributed by atoms with Crippen molar-refractivity contribution in [1.29, 1.82) is 0 Å². The molecule has 1 aromatic rings. The molecule has 24 heavy (non-hydrogen) atoms. The average Bonchev–Trinajstić information content (AvgIpc) is 2.57. The van der Waals surface area contributed by atoms with Gasteiger partial charge < -0.3 is 9.80 Å². The fourth-order valence-electron chi connectivity index (χ4n) is 3.18. The second kappa shape index (κ2) is 8.32. The van der Waals surface area contributed by atoms with Crippen LogP contribution in [0.5, 0.6) is 0 Å². The smallest absolute Gasteiger partial charge is 0.227 e. The Balaban J connectivity index is 1.89. The van der Waals surface area contributed by atoms with E-state index in [4.69, 9.17) is 0 Å². The lowest BCUT2D eigenvalue weighted by molar-refractivity contribution is -0.139. The third-order valence-corrected chi connectivity index (χ3v) is 5.02. The highest BCUT2D eigenvalue weighted by Crippen LogP contribution is 2.17. The second-order valence-corrected chi connectivity index (χ2v) is 6.90. The number of carbonyl (C=O) groups excluding carboxylic acids is 2. The number of unbranched alkanes of at least 4 members (excludes halogenated alkanes) is 1. The first-order valence-corrected chi connectivity index (χ1v) is 9.04. The third kappa shape index (κ3) is 4.59. The zero-order valence-corrected chi connectivity index (χ0v) is 15.5. The summed E-state index contributed by atoms with van der Waals surface area (Å²) in [6, 6.07) is 4.29. The molecule has 0 unspecified atom stereocenters. The van der Waals surface area contributed by atoms with Crippen molar-refractivity contribution in [3.05, 3.63) is 34.4 Å². The van der Waals surface area contributed by atoms with Gasteiger partial charge in [-0.1, -0.05) is 25.5 Å². The zero-order chi connectivity index (χ0) is 17.7. The summed E-state index contributed by atoms with van der Waals surface area (Å²) < 4.78 is 0. The van der Waals surface area contributed by atoms with Crippen molar-refractivity contribution in [3.63, 3.8) is 0 Å². The Morgan fingerprint density at radius 2 is 1.42 bits per heavy atom. The molecule has 2 rings (SSSR count). The van der Waals surface area contributed by atoms with Crippen molar-refractivity contribution >= 4 is 11.8 Å². The Morgan fingerprint density at radius 3 is 2.00 bits per heavy atom. The van der Waals surface area contributed by atoms with Crippen LogP contribution >= 0.6 is 0 Å². The summed E-state index contributed by atoms with van der Waals surface area (Å²) >= 11 is 0. The van der Waals surface area contributed by atoms with Crippen LogP contribution < -0.4 is 0 Å². The molecule has 4 heteroatoms. The van der Waals surface area contributed by atoms with E-state index in [9.17, 15) is 9.59 Å². The number of carbonyl (C=O) groups is 2. The lowest BCUT2D eigenvalue weighted by Gasteiger charge is -2.35. The Kier molecular flexibility index (Phi) is 6.41. The number of amides is 2. The van der Waals surface area contributed by atoms with Crippen LogP contribution in [0.25, 0.3) is 0 Å². The first-order chi connectivity index (χ1) is 11.4. The maximum Gasteiger partial charge on any atom is 0.227 e. The second-order valence-electron chi connectivity index (χ2n) is 6.90. The molecule has 0 bridgehead atoms. The van der Waals surface area contributed by atoms with Crippen LogP contribution in [0.1, 0.15) is 48.4 Å². The maximum atomic E-state index is 12.6. The van der Waals surface area contributed by atoms with Gasteiger partial charge >= 0.3 is 0 Å². The molecular formula is C20H30N2O2. The lowest BCUT2D eigenvalue weighted by Crippen LogP contribution is -2.51. The topological polar surface area (TPSA) is 40.6 Å². The minimum absolute atomic E-state index is 0.169. The van der Waals surface area contributed by atoms with Crippen molar-refractivity contribution in [2.45, 2.75) is 53.4 Å². The van der Waals surface area contributed by atoms with Crippen LogP contribution in [-0.4, -0.2) is 47.8 Å². The number of piperazine rings is 1. The Hall–Kier alpha value is -1.84. The predicted molar refractivity (Wildman–Crippen MR) is 97.0 cm³/mol. The number of hydrogen-bond acceptors (Lipinski definition) is 2. The van der Waals surface area contributed by atoms with Gasteiger partial charge in [0, 0.05) is 32.6 Å². The van der Waals surface area contributed by atoms with E-state index in [-0.39, 0.29) is 11.8 Å². The average molecular weight is 330 g/mol. The maximum absolute atomic E-state index is 12.6. The highest BCUT2D eigenvalue weighted by Gasteiger charge is 2.24. The molecule has 4 nitrogen and oxygen atoms in total. The highest BCUT2D eigenvalue weighted by molar-refractivity contribution is 5.80. The molecule has 1 saturated heterocycles. The van der Waals surface area contributed by atoms with Crippen LogP contribution in [-0.2, 0) is 16.0 Å². The minimum atomic E-state index is 0.169. The minimum Gasteiger partial charge on any atom is -0.339 e. The summed E-state index contributed by atoms with van der Waals surface area (Å²) in [5.41, 5.74) is 4.79. The SMILES string of the molecule is CCCCC(=O)N1CCN(C(=O)Cc2cc(C)c(C)cc2C)CC1. The van der Waals surface area contributed by atoms with E-state index in [1.165, 1.54) is 16.7 Å². The largest absolute Gasteiger partial charge is 0.339 e. The van der Waals surface area contributed by atoms with Gasteiger partial charge in [-0.25, -0.2) is 0 Å². The highest BCUT2D eigenvalue weighted by atomic mass is 16.2. The van der Waals surface area contributed by atoms with Crippen molar-refractivity contribution in [2.24, 2.45) is 0 Å². The number of hydrogen-bond donors (Lipinski definition) is 0. The molecule has 132 valence electrons. The Labute approximate surface area is 145 Å². The molecule has 1 heterocycles. The normalized spacial score (nSPS) is 14.8. The van der Waals surface area contributed by atoms with Gasteiger partial charge in [0.2, 0.25) is 11.8 Å². The van der Waals surface area contributed by atoms with E-state index >= 15 is 0 Å². The van der Waals surface area contributed by atoms with E-state index in [1.807, 2.05) is 9.80 Å². The quantitative estimate of drug-likeness (QED) is 0.833. The van der Waals surface area contributed by atoms with Gasteiger partial charge in [0.25, 0.3) is 0 Å². The summed E-state index contributed by atoms with van der Waals surface area (Å²) in [4.78, 5) is 28.5. The fourth-order valence-corrected chi connectivity index (χ4v) is 3.18. The summed E-state index contributed by atoms with van der Waals surface area (Å²) in [5, 5.41) is 0. The van der Waals surface area contributed by atoms with E-state index in [1.54, 1.807) is 0 Å². The van der Waals surface area contributed by atoms with Crippen LogP contribution in [0.2, 0.25) is 0 Å². The molecule has 0 N–H and O–H groups in total. The van der Waals surface area contributed by atoms with Crippen LogP contribution in [0.15, 0.2) is 12.1 Å². The van der Waals surface area contributed by atoms with E-state index in [0.29, 0.717) is 39.0 Å². The van der Waals surface area contributed by atoms with Gasteiger partial charge in [-0.2, -0.15) is 0 Å². The standard InChI is InChI=1S/C20H30N2O2/c1-5-6-7-19(23)21-8-10-22(11-9-21)20(24)14-18-13-16(3)15(2)12-17(18)4/h12-13H,5-11,14H2,1-4H3. The molecule has 0 atom stereocenters. The number of aryl methyl sites for hydroxylation is 3. The van der Waals surface area contributed by atoms with Crippen molar-refractivity contribution in [3.8, 4) is 0 Å². The van der Waals surface area contributed by atoms with Crippen LogP contribution in [0, 0.1) is 20.8 Å². The molecule has 0 spiro atoms. The van der Waals surface area contributed by atoms with E-state index in [0.717, 1.165) is 18.4 Å².